The summed E-state index contributed by atoms with van der Waals surface area (Å²) in [4.78, 5) is 0. The summed E-state index contributed by atoms with van der Waals surface area (Å²) in [6.07, 6.45) is 16.7. The van der Waals surface area contributed by atoms with E-state index in [1.807, 2.05) is 13.8 Å². The van der Waals surface area contributed by atoms with Gasteiger partial charge >= 0.3 is 0 Å². The lowest BCUT2D eigenvalue weighted by molar-refractivity contribution is 0.0558. The van der Waals surface area contributed by atoms with Gasteiger partial charge < -0.3 is 9.84 Å². The van der Waals surface area contributed by atoms with Crippen LogP contribution in [-0.4, -0.2) is 10.7 Å². The highest BCUT2D eigenvalue weighted by molar-refractivity contribution is 5.58. The molecule has 1 aliphatic rings. The van der Waals surface area contributed by atoms with Crippen molar-refractivity contribution in [1.82, 2.24) is 0 Å². The van der Waals surface area contributed by atoms with Gasteiger partial charge in [0.15, 0.2) is 0 Å². The van der Waals surface area contributed by atoms with Crippen molar-refractivity contribution in [3.8, 4) is 11.5 Å². The van der Waals surface area contributed by atoms with Gasteiger partial charge in [0, 0.05) is 5.56 Å². The summed E-state index contributed by atoms with van der Waals surface area (Å²) in [6, 6.07) is 0. The Morgan fingerprint density at radius 3 is 2.39 bits per heavy atom. The number of benzene rings is 1. The second-order valence-corrected chi connectivity index (χ2v) is 10.1. The van der Waals surface area contributed by atoms with Gasteiger partial charge in [-0.05, 0) is 109 Å². The summed E-state index contributed by atoms with van der Waals surface area (Å²) in [5, 5.41) is 10.4. The van der Waals surface area contributed by atoms with Gasteiger partial charge in [0.1, 0.15) is 17.1 Å². The molecule has 1 heterocycles. The van der Waals surface area contributed by atoms with Gasteiger partial charge in [-0.1, -0.05) is 49.3 Å². The number of aromatic hydroxyl groups is 1. The zero-order valence-electron chi connectivity index (χ0n) is 21.2. The molecule has 0 radical (unpaired) electrons. The van der Waals surface area contributed by atoms with Crippen LogP contribution in [0.4, 0.5) is 0 Å². The monoisotopic (exact) mass is 424 g/mol. The van der Waals surface area contributed by atoms with Crippen LogP contribution < -0.4 is 4.74 Å². The second kappa shape index (κ2) is 11.1. The average Bonchev–Trinajstić information content (AvgIpc) is 2.70. The number of ether oxygens (including phenoxy) is 1. The van der Waals surface area contributed by atoms with E-state index in [9.17, 15) is 5.11 Å². The first-order valence-electron chi connectivity index (χ1n) is 12.0. The lowest BCUT2D eigenvalue weighted by Gasteiger charge is -2.38. The summed E-state index contributed by atoms with van der Waals surface area (Å²) in [7, 11) is 0. The fourth-order valence-corrected chi connectivity index (χ4v) is 4.35. The van der Waals surface area contributed by atoms with Gasteiger partial charge in [0.25, 0.3) is 0 Å². The van der Waals surface area contributed by atoms with E-state index in [-0.39, 0.29) is 5.60 Å². The first kappa shape index (κ1) is 25.3. The first-order chi connectivity index (χ1) is 14.5. The quantitative estimate of drug-likeness (QED) is 0.403. The van der Waals surface area contributed by atoms with Crippen LogP contribution >= 0.6 is 0 Å². The van der Waals surface area contributed by atoms with E-state index in [0.29, 0.717) is 11.7 Å². The Kier molecular flexibility index (Phi) is 9.03. The lowest BCUT2D eigenvalue weighted by Crippen LogP contribution is -2.37. The van der Waals surface area contributed by atoms with Crippen LogP contribution in [0.25, 0.3) is 0 Å². The molecule has 2 rings (SSSR count). The molecule has 2 nitrogen and oxygen atoms in total. The van der Waals surface area contributed by atoms with Gasteiger partial charge in [-0.3, -0.25) is 0 Å². The second-order valence-electron chi connectivity index (χ2n) is 10.1. The third kappa shape index (κ3) is 7.02. The lowest BCUT2D eigenvalue weighted by atomic mass is 9.85. The Morgan fingerprint density at radius 2 is 1.71 bits per heavy atom. The van der Waals surface area contributed by atoms with Crippen LogP contribution in [0.3, 0.4) is 0 Å². The number of allylic oxidation sites excluding steroid dienone is 6. The molecule has 1 aromatic rings. The van der Waals surface area contributed by atoms with Crippen molar-refractivity contribution in [1.29, 1.82) is 0 Å². The Balaban J connectivity index is 1.89. The van der Waals surface area contributed by atoms with Crippen molar-refractivity contribution < 1.29 is 9.84 Å². The molecular formula is C29H44O2. The highest BCUT2D eigenvalue weighted by Gasteiger charge is 2.33. The molecule has 2 heteroatoms. The Hall–Kier alpha value is -1.96. The summed E-state index contributed by atoms with van der Waals surface area (Å²) in [5.41, 5.74) is 6.99. The van der Waals surface area contributed by atoms with Crippen molar-refractivity contribution in [2.24, 2.45) is 5.92 Å². The SMILES string of the molecule is C/C(=C\CC/C(C)=C/CCC1(C)CCc2c(C)c(O)c(C)c(C)c2O1)C/C=C/C(C)C. The normalized spacial score (nSPS) is 19.8. The molecule has 0 aromatic heterocycles. The molecule has 0 aliphatic carbocycles. The number of phenols is 1. The van der Waals surface area contributed by atoms with Crippen molar-refractivity contribution in [3.63, 3.8) is 0 Å². The maximum Gasteiger partial charge on any atom is 0.127 e. The van der Waals surface area contributed by atoms with Gasteiger partial charge in [-0.15, -0.1) is 0 Å². The maximum absolute atomic E-state index is 10.4. The highest BCUT2D eigenvalue weighted by Crippen LogP contribution is 2.44. The summed E-state index contributed by atoms with van der Waals surface area (Å²) in [5.74, 6) is 2.07. The van der Waals surface area contributed by atoms with E-state index >= 15 is 0 Å². The van der Waals surface area contributed by atoms with Crippen molar-refractivity contribution in [2.45, 2.75) is 106 Å². The molecule has 1 atom stereocenters. The highest BCUT2D eigenvalue weighted by atomic mass is 16.5. The van der Waals surface area contributed by atoms with Crippen LogP contribution in [0.5, 0.6) is 11.5 Å². The molecule has 1 aliphatic heterocycles. The van der Waals surface area contributed by atoms with Gasteiger partial charge in [0.05, 0.1) is 0 Å². The van der Waals surface area contributed by atoms with Gasteiger partial charge in [-0.2, -0.15) is 0 Å². The molecule has 0 bridgehead atoms. The van der Waals surface area contributed by atoms with Crippen LogP contribution in [-0.2, 0) is 6.42 Å². The minimum Gasteiger partial charge on any atom is -0.507 e. The molecule has 0 fully saturated rings. The van der Waals surface area contributed by atoms with Crippen molar-refractivity contribution in [3.05, 3.63) is 57.7 Å². The minimum atomic E-state index is -0.135. The van der Waals surface area contributed by atoms with E-state index in [1.165, 1.54) is 16.7 Å². The molecule has 31 heavy (non-hydrogen) atoms. The zero-order valence-corrected chi connectivity index (χ0v) is 21.2. The molecule has 0 spiro atoms. The molecular weight excluding hydrogens is 380 g/mol. The molecule has 1 N–H and O–H groups in total. The Labute approximate surface area is 191 Å². The van der Waals surface area contributed by atoms with Crippen LogP contribution in [0, 0.1) is 26.7 Å². The summed E-state index contributed by atoms with van der Waals surface area (Å²) >= 11 is 0. The fourth-order valence-electron chi connectivity index (χ4n) is 4.35. The Morgan fingerprint density at radius 1 is 1.03 bits per heavy atom. The van der Waals surface area contributed by atoms with Crippen LogP contribution in [0.1, 0.15) is 95.4 Å². The molecule has 0 saturated heterocycles. The van der Waals surface area contributed by atoms with E-state index in [2.05, 4.69) is 65.8 Å². The number of hydrogen-bond donors (Lipinski definition) is 1. The molecule has 172 valence electrons. The summed E-state index contributed by atoms with van der Waals surface area (Å²) in [6.45, 7) is 17.2. The predicted octanol–water partition coefficient (Wildman–Crippen LogP) is 8.46. The van der Waals surface area contributed by atoms with Gasteiger partial charge in [-0.25, -0.2) is 0 Å². The Bertz CT molecular complexity index is 854. The van der Waals surface area contributed by atoms with Crippen LogP contribution in [0.15, 0.2) is 35.5 Å². The number of phenolic OH excluding ortho intramolecular Hbond substituents is 1. The van der Waals surface area contributed by atoms with E-state index in [1.54, 1.807) is 0 Å². The largest absolute Gasteiger partial charge is 0.507 e. The zero-order chi connectivity index (χ0) is 23.2. The topological polar surface area (TPSA) is 29.5 Å². The first-order valence-corrected chi connectivity index (χ1v) is 12.0. The number of rotatable bonds is 9. The molecule has 0 saturated carbocycles. The number of fused-ring (bicyclic) bond motifs is 1. The van der Waals surface area contributed by atoms with E-state index in [0.717, 1.165) is 67.4 Å². The standard InChI is InChI=1S/C29H44O2/c1-20(2)12-9-13-21(3)14-10-15-22(4)16-11-18-29(8)19-17-26-25(7)27(30)23(5)24(6)28(26)31-29/h9,12,14,16,20,30H,10-11,13,15,17-19H2,1-8H3/b12-9+,21-14+,22-16+. The third-order valence-electron chi connectivity index (χ3n) is 6.75. The van der Waals surface area contributed by atoms with E-state index < -0.39 is 0 Å². The van der Waals surface area contributed by atoms with Gasteiger partial charge in [0.2, 0.25) is 0 Å². The average molecular weight is 425 g/mol. The fraction of sp³-hybridized carbons (Fsp3) is 0.586. The maximum atomic E-state index is 10.4. The van der Waals surface area contributed by atoms with Crippen LogP contribution in [0.2, 0.25) is 0 Å². The van der Waals surface area contributed by atoms with Crippen molar-refractivity contribution in [2.75, 3.05) is 0 Å². The minimum absolute atomic E-state index is 0.135. The van der Waals surface area contributed by atoms with E-state index in [4.69, 9.17) is 4.74 Å². The smallest absolute Gasteiger partial charge is 0.127 e. The molecule has 1 aromatic carbocycles. The number of hydrogen-bond acceptors (Lipinski definition) is 2. The third-order valence-corrected chi connectivity index (χ3v) is 6.75. The molecule has 0 amide bonds. The van der Waals surface area contributed by atoms with Crippen molar-refractivity contribution >= 4 is 0 Å². The predicted molar refractivity (Wildman–Crippen MR) is 134 cm³/mol. The summed E-state index contributed by atoms with van der Waals surface area (Å²) < 4.78 is 6.56. The molecule has 1 unspecified atom stereocenters.